The second-order valence-electron chi connectivity index (χ2n) is 10.5. The molecule has 0 spiro atoms. The van der Waals surface area contributed by atoms with Gasteiger partial charge in [0.15, 0.2) is 17.5 Å². The summed E-state index contributed by atoms with van der Waals surface area (Å²) >= 11 is 0. The van der Waals surface area contributed by atoms with Crippen molar-refractivity contribution in [1.29, 1.82) is 0 Å². The maximum Gasteiger partial charge on any atom is 0.164 e. The molecule has 0 atom stereocenters. The topological polar surface area (TPSA) is 38.7 Å². The van der Waals surface area contributed by atoms with E-state index in [0.717, 1.165) is 22.5 Å². The Morgan fingerprint density at radius 1 is 0.385 bits per heavy atom. The van der Waals surface area contributed by atoms with Crippen LogP contribution in [0.25, 0.3) is 56.4 Å². The van der Waals surface area contributed by atoms with Crippen LogP contribution < -0.4 is 10.4 Å². The molecule has 0 aliphatic carbocycles. The lowest BCUT2D eigenvalue weighted by Crippen LogP contribution is -2.50. The van der Waals surface area contributed by atoms with E-state index in [1.165, 1.54) is 32.6 Å². The number of hydrogen-bond donors (Lipinski definition) is 0. The largest absolute Gasteiger partial charge is 0.208 e. The van der Waals surface area contributed by atoms with Crippen molar-refractivity contribution in [3.8, 4) is 56.4 Å². The Morgan fingerprint density at radius 3 is 1.54 bits per heavy atom. The van der Waals surface area contributed by atoms with Gasteiger partial charge in [0.1, 0.15) is 8.07 Å². The SMILES string of the molecule is C[Si]1(C)c2ccccc2-c2cccc(-c3nc(-c4ccccc4)nc(-c4ccc(-c5ccccc5)cc4)n3)c21. The first-order valence-corrected chi connectivity index (χ1v) is 16.3. The van der Waals surface area contributed by atoms with Crippen LogP contribution in [0.3, 0.4) is 0 Å². The molecular formula is C35H27N3Si. The summed E-state index contributed by atoms with van der Waals surface area (Å²) in [6.45, 7) is 4.87. The van der Waals surface area contributed by atoms with Gasteiger partial charge >= 0.3 is 0 Å². The summed E-state index contributed by atoms with van der Waals surface area (Å²) in [5.74, 6) is 2.11. The second kappa shape index (κ2) is 9.26. The third-order valence-electron chi connectivity index (χ3n) is 7.74. The van der Waals surface area contributed by atoms with Gasteiger partial charge in [-0.2, -0.15) is 0 Å². The molecule has 1 aliphatic rings. The summed E-state index contributed by atoms with van der Waals surface area (Å²) in [6.07, 6.45) is 0. The smallest absolute Gasteiger partial charge is 0.164 e. The van der Waals surface area contributed by atoms with Crippen LogP contribution in [0.1, 0.15) is 0 Å². The number of nitrogens with zero attached hydrogens (tertiary/aromatic N) is 3. The maximum absolute atomic E-state index is 5.11. The van der Waals surface area contributed by atoms with Crippen molar-refractivity contribution < 1.29 is 0 Å². The fourth-order valence-corrected chi connectivity index (χ4v) is 9.25. The van der Waals surface area contributed by atoms with E-state index in [4.69, 9.17) is 15.0 Å². The Labute approximate surface area is 229 Å². The molecule has 1 aromatic heterocycles. The van der Waals surface area contributed by atoms with Crippen molar-refractivity contribution in [2.24, 2.45) is 0 Å². The van der Waals surface area contributed by atoms with Gasteiger partial charge in [-0.25, -0.2) is 15.0 Å². The van der Waals surface area contributed by atoms with E-state index in [9.17, 15) is 0 Å². The number of aromatic nitrogens is 3. The minimum atomic E-state index is -1.95. The van der Waals surface area contributed by atoms with Crippen LogP contribution in [-0.2, 0) is 0 Å². The van der Waals surface area contributed by atoms with Gasteiger partial charge in [-0.15, -0.1) is 0 Å². The van der Waals surface area contributed by atoms with E-state index in [1.54, 1.807) is 0 Å². The Hall–Kier alpha value is -4.67. The van der Waals surface area contributed by atoms with Crippen molar-refractivity contribution in [2.75, 3.05) is 0 Å². The Balaban J connectivity index is 1.41. The van der Waals surface area contributed by atoms with E-state index in [-0.39, 0.29) is 0 Å². The molecule has 0 amide bonds. The standard InChI is InChI=1S/C35H27N3Si/c1-39(2)31-19-10-9-16-28(31)29-17-11-18-30(32(29)39)35-37-33(26-14-7-4-8-15-26)36-34(38-35)27-22-20-25(21-23-27)24-12-5-3-6-13-24/h3-23H,1-2H3. The summed E-state index contributed by atoms with van der Waals surface area (Å²) in [7, 11) is -1.95. The molecule has 39 heavy (non-hydrogen) atoms. The number of hydrogen-bond acceptors (Lipinski definition) is 3. The zero-order valence-electron chi connectivity index (χ0n) is 22.0. The average Bonchev–Trinajstić information content (AvgIpc) is 3.24. The molecule has 0 saturated heterocycles. The Kier molecular flexibility index (Phi) is 5.57. The summed E-state index contributed by atoms with van der Waals surface area (Å²) in [5, 5.41) is 2.88. The summed E-state index contributed by atoms with van der Waals surface area (Å²) in [5.41, 5.74) is 8.09. The first-order valence-electron chi connectivity index (χ1n) is 13.3. The van der Waals surface area contributed by atoms with Gasteiger partial charge in [-0.05, 0) is 32.6 Å². The van der Waals surface area contributed by atoms with Crippen molar-refractivity contribution in [1.82, 2.24) is 15.0 Å². The molecule has 0 unspecified atom stereocenters. The van der Waals surface area contributed by atoms with Crippen LogP contribution in [0.4, 0.5) is 0 Å². The zero-order chi connectivity index (χ0) is 26.4. The van der Waals surface area contributed by atoms with Gasteiger partial charge in [0.05, 0.1) is 0 Å². The van der Waals surface area contributed by atoms with Crippen LogP contribution in [0.15, 0.2) is 127 Å². The quantitative estimate of drug-likeness (QED) is 0.230. The molecule has 5 aromatic carbocycles. The lowest BCUT2D eigenvalue weighted by atomic mass is 10.0. The van der Waals surface area contributed by atoms with Crippen molar-refractivity contribution in [3.05, 3.63) is 127 Å². The molecule has 0 N–H and O–H groups in total. The lowest BCUT2D eigenvalue weighted by molar-refractivity contribution is 1.08. The highest BCUT2D eigenvalue weighted by Gasteiger charge is 2.39. The highest BCUT2D eigenvalue weighted by atomic mass is 28.3. The fourth-order valence-electron chi connectivity index (χ4n) is 5.82. The predicted molar refractivity (Wildman–Crippen MR) is 164 cm³/mol. The summed E-state index contributed by atoms with van der Waals surface area (Å²) < 4.78 is 0. The summed E-state index contributed by atoms with van der Waals surface area (Å²) in [4.78, 5) is 15.1. The van der Waals surface area contributed by atoms with Crippen LogP contribution in [0.2, 0.25) is 13.1 Å². The van der Waals surface area contributed by atoms with E-state index in [0.29, 0.717) is 11.6 Å². The molecule has 1 aliphatic heterocycles. The molecule has 0 bridgehead atoms. The second-order valence-corrected chi connectivity index (χ2v) is 14.8. The van der Waals surface area contributed by atoms with Gasteiger partial charge in [-0.3, -0.25) is 0 Å². The highest BCUT2D eigenvalue weighted by Crippen LogP contribution is 2.33. The molecule has 6 aromatic rings. The first-order chi connectivity index (χ1) is 19.1. The molecular weight excluding hydrogens is 490 g/mol. The number of benzene rings is 5. The molecule has 0 saturated carbocycles. The molecule has 2 heterocycles. The van der Waals surface area contributed by atoms with Crippen molar-refractivity contribution in [3.63, 3.8) is 0 Å². The van der Waals surface area contributed by atoms with E-state index < -0.39 is 8.07 Å². The van der Waals surface area contributed by atoms with Gasteiger partial charge in [0.2, 0.25) is 0 Å². The number of rotatable bonds is 4. The fraction of sp³-hybridized carbons (Fsp3) is 0.0571. The van der Waals surface area contributed by atoms with Gasteiger partial charge in [-0.1, -0.05) is 140 Å². The van der Waals surface area contributed by atoms with Gasteiger partial charge in [0.25, 0.3) is 0 Å². The average molecular weight is 518 g/mol. The van der Waals surface area contributed by atoms with Crippen molar-refractivity contribution >= 4 is 18.4 Å². The van der Waals surface area contributed by atoms with E-state index in [1.807, 2.05) is 24.3 Å². The predicted octanol–water partition coefficient (Wildman–Crippen LogP) is 7.34. The third-order valence-corrected chi connectivity index (χ3v) is 11.3. The zero-order valence-corrected chi connectivity index (χ0v) is 23.0. The minimum absolute atomic E-state index is 0.686. The maximum atomic E-state index is 5.11. The van der Waals surface area contributed by atoms with Crippen LogP contribution in [-0.4, -0.2) is 23.0 Å². The van der Waals surface area contributed by atoms with Crippen LogP contribution >= 0.6 is 0 Å². The first kappa shape index (κ1) is 23.4. The van der Waals surface area contributed by atoms with Crippen molar-refractivity contribution in [2.45, 2.75) is 13.1 Å². The molecule has 7 rings (SSSR count). The Morgan fingerprint density at radius 2 is 0.846 bits per heavy atom. The third kappa shape index (κ3) is 4.01. The normalized spacial score (nSPS) is 13.1. The minimum Gasteiger partial charge on any atom is -0.208 e. The number of fused-ring (bicyclic) bond motifs is 3. The lowest BCUT2D eigenvalue weighted by Gasteiger charge is -2.21. The monoisotopic (exact) mass is 517 g/mol. The molecule has 3 nitrogen and oxygen atoms in total. The van der Waals surface area contributed by atoms with E-state index in [2.05, 4.69) is 116 Å². The van der Waals surface area contributed by atoms with Crippen LogP contribution in [0.5, 0.6) is 0 Å². The van der Waals surface area contributed by atoms with Gasteiger partial charge < -0.3 is 0 Å². The summed E-state index contributed by atoms with van der Waals surface area (Å²) in [6, 6.07) is 44.6. The molecule has 4 heteroatoms. The molecule has 186 valence electrons. The molecule has 0 radical (unpaired) electrons. The van der Waals surface area contributed by atoms with Crippen LogP contribution in [0, 0.1) is 0 Å². The van der Waals surface area contributed by atoms with Gasteiger partial charge in [0, 0.05) is 16.7 Å². The Bertz CT molecular complexity index is 1810. The van der Waals surface area contributed by atoms with E-state index >= 15 is 0 Å². The molecule has 0 fully saturated rings. The highest BCUT2D eigenvalue weighted by molar-refractivity contribution is 7.04.